The van der Waals surface area contributed by atoms with Crippen LogP contribution in [0.5, 0.6) is 0 Å². The smallest absolute Gasteiger partial charge is 0.249 e. The minimum Gasteiger partial charge on any atom is -0.355 e. The van der Waals surface area contributed by atoms with E-state index in [0.717, 1.165) is 31.7 Å². The molecule has 1 aromatic heterocycles. The number of hydrogen-bond donors (Lipinski definition) is 1. The van der Waals surface area contributed by atoms with Crippen molar-refractivity contribution in [2.24, 2.45) is 0 Å². The van der Waals surface area contributed by atoms with Gasteiger partial charge in [-0.15, -0.1) is 5.10 Å². The molecule has 1 spiro atoms. The van der Waals surface area contributed by atoms with E-state index >= 15 is 0 Å². The van der Waals surface area contributed by atoms with Gasteiger partial charge in [0.25, 0.3) is 0 Å². The van der Waals surface area contributed by atoms with Gasteiger partial charge in [0.15, 0.2) is 11.6 Å². The van der Waals surface area contributed by atoms with Gasteiger partial charge in [-0.3, -0.25) is 0 Å². The maximum absolute atomic E-state index is 6.02. The van der Waals surface area contributed by atoms with Crippen LogP contribution in [-0.4, -0.2) is 47.3 Å². The van der Waals surface area contributed by atoms with Crippen LogP contribution >= 0.6 is 23.2 Å². The summed E-state index contributed by atoms with van der Waals surface area (Å²) in [5.41, 5.74) is 0.710. The molecule has 0 aliphatic carbocycles. The lowest BCUT2D eigenvalue weighted by Gasteiger charge is -2.37. The number of benzene rings is 1. The third-order valence-electron chi connectivity index (χ3n) is 4.33. The second-order valence-corrected chi connectivity index (χ2v) is 6.89. The van der Waals surface area contributed by atoms with Gasteiger partial charge in [-0.1, -0.05) is 23.2 Å². The van der Waals surface area contributed by atoms with Crippen LogP contribution in [0.2, 0.25) is 10.0 Å². The Kier molecular flexibility index (Phi) is 4.64. The maximum atomic E-state index is 6.02. The first-order valence-electron chi connectivity index (χ1n) is 8.08. The summed E-state index contributed by atoms with van der Waals surface area (Å²) in [4.78, 5) is 6.69. The highest BCUT2D eigenvalue weighted by atomic mass is 35.5. The van der Waals surface area contributed by atoms with E-state index in [0.29, 0.717) is 34.9 Å². The number of rotatable bonds is 3. The molecule has 2 saturated heterocycles. The molecule has 132 valence electrons. The zero-order chi connectivity index (χ0) is 17.3. The van der Waals surface area contributed by atoms with E-state index in [-0.39, 0.29) is 0 Å². The Bertz CT molecular complexity index is 740. The summed E-state index contributed by atoms with van der Waals surface area (Å²) in [6.45, 7) is 2.93. The topological polar surface area (TPSA) is 72.4 Å². The summed E-state index contributed by atoms with van der Waals surface area (Å²) in [6.07, 6.45) is 3.28. The fraction of sp³-hybridized carbons (Fsp3) is 0.438. The Labute approximate surface area is 155 Å². The lowest BCUT2D eigenvalue weighted by molar-refractivity contribution is -0.169. The van der Waals surface area contributed by atoms with Gasteiger partial charge in [-0.2, -0.15) is 10.1 Å². The Balaban J connectivity index is 1.46. The van der Waals surface area contributed by atoms with Crippen LogP contribution in [-0.2, 0) is 9.47 Å². The Morgan fingerprint density at radius 3 is 2.40 bits per heavy atom. The molecule has 0 saturated carbocycles. The summed E-state index contributed by atoms with van der Waals surface area (Å²) in [5, 5.41) is 12.2. The SMILES string of the molecule is Clc1cc(Cl)cc(Nc2nncc(N3CCC4(CC3)OCCO4)n2)c1. The number of ether oxygens (including phenoxy) is 2. The van der Waals surface area contributed by atoms with Crippen molar-refractivity contribution in [2.45, 2.75) is 18.6 Å². The van der Waals surface area contributed by atoms with Gasteiger partial charge in [-0.05, 0) is 18.2 Å². The summed E-state index contributed by atoms with van der Waals surface area (Å²) in [6, 6.07) is 5.17. The number of hydrogen-bond acceptors (Lipinski definition) is 7. The van der Waals surface area contributed by atoms with Crippen LogP contribution in [0.15, 0.2) is 24.4 Å². The number of halogens is 2. The van der Waals surface area contributed by atoms with Gasteiger partial charge >= 0.3 is 0 Å². The average molecular weight is 382 g/mol. The molecular weight excluding hydrogens is 365 g/mol. The van der Waals surface area contributed by atoms with Crippen LogP contribution in [0.1, 0.15) is 12.8 Å². The quantitative estimate of drug-likeness (QED) is 0.874. The van der Waals surface area contributed by atoms with E-state index in [1.807, 2.05) is 0 Å². The predicted octanol–water partition coefficient (Wildman–Crippen LogP) is 3.27. The highest BCUT2D eigenvalue weighted by Gasteiger charge is 2.40. The molecule has 1 aromatic carbocycles. The number of aromatic nitrogens is 3. The summed E-state index contributed by atoms with van der Waals surface area (Å²) in [7, 11) is 0. The molecule has 0 bridgehead atoms. The van der Waals surface area contributed by atoms with Crippen LogP contribution in [0.3, 0.4) is 0 Å². The maximum Gasteiger partial charge on any atom is 0.249 e. The van der Waals surface area contributed by atoms with Crippen LogP contribution < -0.4 is 10.2 Å². The molecule has 1 N–H and O–H groups in total. The first-order valence-corrected chi connectivity index (χ1v) is 8.83. The van der Waals surface area contributed by atoms with Crippen LogP contribution in [0.4, 0.5) is 17.5 Å². The van der Waals surface area contributed by atoms with Crippen molar-refractivity contribution in [3.8, 4) is 0 Å². The highest BCUT2D eigenvalue weighted by molar-refractivity contribution is 6.35. The third kappa shape index (κ3) is 3.79. The van der Waals surface area contributed by atoms with E-state index < -0.39 is 5.79 Å². The minimum absolute atomic E-state index is 0.393. The molecule has 2 fully saturated rings. The molecule has 25 heavy (non-hydrogen) atoms. The number of anilines is 3. The fourth-order valence-electron chi connectivity index (χ4n) is 3.12. The molecule has 2 aliphatic rings. The average Bonchev–Trinajstić information content (AvgIpc) is 3.03. The lowest BCUT2D eigenvalue weighted by Crippen LogP contribution is -2.45. The highest BCUT2D eigenvalue weighted by Crippen LogP contribution is 2.32. The van der Waals surface area contributed by atoms with E-state index in [1.165, 1.54) is 0 Å². The summed E-state index contributed by atoms with van der Waals surface area (Å²) >= 11 is 12.0. The molecular formula is C16H17Cl2N5O2. The molecule has 2 aliphatic heterocycles. The van der Waals surface area contributed by atoms with Crippen LogP contribution in [0, 0.1) is 0 Å². The first-order chi connectivity index (χ1) is 12.1. The number of nitrogens with one attached hydrogen (secondary N) is 1. The molecule has 2 aromatic rings. The molecule has 0 unspecified atom stereocenters. The van der Waals surface area contributed by atoms with Gasteiger partial charge in [0, 0.05) is 41.7 Å². The van der Waals surface area contributed by atoms with E-state index in [4.69, 9.17) is 32.7 Å². The molecule has 0 radical (unpaired) electrons. The predicted molar refractivity (Wildman–Crippen MR) is 95.7 cm³/mol. The van der Waals surface area contributed by atoms with Crippen molar-refractivity contribution in [3.63, 3.8) is 0 Å². The van der Waals surface area contributed by atoms with Crippen molar-refractivity contribution < 1.29 is 9.47 Å². The van der Waals surface area contributed by atoms with E-state index in [2.05, 4.69) is 25.4 Å². The second-order valence-electron chi connectivity index (χ2n) is 6.02. The molecule has 0 atom stereocenters. The Hall–Kier alpha value is -1.67. The minimum atomic E-state index is -0.407. The van der Waals surface area contributed by atoms with Crippen LogP contribution in [0.25, 0.3) is 0 Å². The van der Waals surface area contributed by atoms with Crippen molar-refractivity contribution in [1.29, 1.82) is 0 Å². The third-order valence-corrected chi connectivity index (χ3v) is 4.76. The Morgan fingerprint density at radius 2 is 1.72 bits per heavy atom. The van der Waals surface area contributed by atoms with Gasteiger partial charge in [0.2, 0.25) is 5.95 Å². The second kappa shape index (κ2) is 6.92. The molecule has 0 amide bonds. The molecule has 4 rings (SSSR count). The zero-order valence-corrected chi connectivity index (χ0v) is 14.9. The Morgan fingerprint density at radius 1 is 1.04 bits per heavy atom. The van der Waals surface area contributed by atoms with Gasteiger partial charge in [-0.25, -0.2) is 0 Å². The van der Waals surface area contributed by atoms with Gasteiger partial charge < -0.3 is 19.7 Å². The number of nitrogens with zero attached hydrogens (tertiary/aromatic N) is 4. The van der Waals surface area contributed by atoms with Gasteiger partial charge in [0.05, 0.1) is 19.4 Å². The van der Waals surface area contributed by atoms with Crippen molar-refractivity contribution in [3.05, 3.63) is 34.4 Å². The molecule has 3 heterocycles. The van der Waals surface area contributed by atoms with E-state index in [9.17, 15) is 0 Å². The van der Waals surface area contributed by atoms with Crippen molar-refractivity contribution in [1.82, 2.24) is 15.2 Å². The normalized spacial score (nSPS) is 19.4. The standard InChI is InChI=1S/C16H17Cl2N5O2/c17-11-7-12(18)9-13(8-11)20-15-21-14(10-19-22-15)23-3-1-16(2-4-23)24-5-6-25-16/h7-10H,1-6H2,(H,20,21,22). The van der Waals surface area contributed by atoms with Gasteiger partial charge in [0.1, 0.15) is 0 Å². The molecule has 9 heteroatoms. The molecule has 7 nitrogen and oxygen atoms in total. The monoisotopic (exact) mass is 381 g/mol. The summed E-state index contributed by atoms with van der Waals surface area (Å²) < 4.78 is 11.5. The largest absolute Gasteiger partial charge is 0.355 e. The first kappa shape index (κ1) is 16.8. The number of piperidine rings is 1. The van der Waals surface area contributed by atoms with Crippen molar-refractivity contribution >= 4 is 40.7 Å². The van der Waals surface area contributed by atoms with E-state index in [1.54, 1.807) is 24.4 Å². The fourth-order valence-corrected chi connectivity index (χ4v) is 3.64. The summed E-state index contributed by atoms with van der Waals surface area (Å²) in [5.74, 6) is 0.748. The lowest BCUT2D eigenvalue weighted by atomic mass is 10.0. The zero-order valence-electron chi connectivity index (χ0n) is 13.4. The van der Waals surface area contributed by atoms with Crippen molar-refractivity contribution in [2.75, 3.05) is 36.5 Å².